The summed E-state index contributed by atoms with van der Waals surface area (Å²) < 4.78 is 65.0. The van der Waals surface area contributed by atoms with E-state index in [1.165, 1.54) is 0 Å². The van der Waals surface area contributed by atoms with E-state index >= 15 is 0 Å². The Hall–Kier alpha value is -1.65. The minimum Gasteiger partial charge on any atom is -0.380 e. The molecule has 0 heterocycles. The minimum atomic E-state index is -2.40. The Morgan fingerprint density at radius 2 is 1.35 bits per heavy atom. The standard InChI is InChI=1S/C11H7F5O/c1-3-4-11(2,17)5-6(12)8(14)10(16)9(15)7(5)13/h4,17H,1H2,2H3/t11-/m0/s1. The third-order valence-electron chi connectivity index (χ3n) is 2.10. The van der Waals surface area contributed by atoms with Gasteiger partial charge in [-0.3, -0.25) is 0 Å². The first-order valence-electron chi connectivity index (χ1n) is 4.35. The Labute approximate surface area is 93.5 Å². The average molecular weight is 250 g/mol. The molecule has 1 rings (SSSR count). The van der Waals surface area contributed by atoms with Gasteiger partial charge in [0.1, 0.15) is 5.60 Å². The van der Waals surface area contributed by atoms with Crippen molar-refractivity contribution in [2.24, 2.45) is 0 Å². The Bertz CT molecular complexity index is 486. The van der Waals surface area contributed by atoms with E-state index in [0.29, 0.717) is 6.08 Å². The predicted molar refractivity (Wildman–Crippen MR) is 49.5 cm³/mol. The normalized spacial score (nSPS) is 14.1. The number of aliphatic hydroxyl groups is 1. The highest BCUT2D eigenvalue weighted by molar-refractivity contribution is 5.32. The number of benzene rings is 1. The molecule has 0 saturated carbocycles. The molecule has 1 aromatic rings. The van der Waals surface area contributed by atoms with Crippen LogP contribution in [0, 0.1) is 29.1 Å². The van der Waals surface area contributed by atoms with Crippen LogP contribution in [0.2, 0.25) is 0 Å². The second-order valence-corrected chi connectivity index (χ2v) is 3.44. The maximum atomic E-state index is 13.3. The monoisotopic (exact) mass is 250 g/mol. The van der Waals surface area contributed by atoms with Gasteiger partial charge in [-0.15, -0.1) is 5.73 Å². The Balaban J connectivity index is 3.72. The molecular formula is C11H7F5O. The number of rotatable bonds is 2. The summed E-state index contributed by atoms with van der Waals surface area (Å²) >= 11 is 0. The lowest BCUT2D eigenvalue weighted by Crippen LogP contribution is -2.24. The summed E-state index contributed by atoms with van der Waals surface area (Å²) in [5, 5.41) is 9.59. The van der Waals surface area contributed by atoms with Gasteiger partial charge >= 0.3 is 0 Å². The van der Waals surface area contributed by atoms with E-state index in [1.54, 1.807) is 0 Å². The van der Waals surface area contributed by atoms with Gasteiger partial charge in [0.15, 0.2) is 23.3 Å². The van der Waals surface area contributed by atoms with Gasteiger partial charge in [-0.1, -0.05) is 6.58 Å². The smallest absolute Gasteiger partial charge is 0.200 e. The van der Waals surface area contributed by atoms with E-state index in [2.05, 4.69) is 6.58 Å². The minimum absolute atomic E-state index is 0.686. The van der Waals surface area contributed by atoms with E-state index in [-0.39, 0.29) is 0 Å². The van der Waals surface area contributed by atoms with Crippen molar-refractivity contribution in [3.8, 4) is 0 Å². The zero-order valence-corrected chi connectivity index (χ0v) is 8.62. The molecule has 1 N–H and O–H groups in total. The average Bonchev–Trinajstić information content (AvgIpc) is 2.23. The molecule has 0 fully saturated rings. The molecule has 1 atom stereocenters. The van der Waals surface area contributed by atoms with Gasteiger partial charge in [-0.25, -0.2) is 22.0 Å². The molecular weight excluding hydrogens is 243 g/mol. The SMILES string of the molecule is C=C=C[C@](C)(O)c1c(F)c(F)c(F)c(F)c1F. The van der Waals surface area contributed by atoms with Crippen molar-refractivity contribution in [3.05, 3.63) is 53.0 Å². The fourth-order valence-corrected chi connectivity index (χ4v) is 1.32. The molecule has 1 nitrogen and oxygen atoms in total. The molecule has 0 unspecified atom stereocenters. The molecule has 0 amide bonds. The van der Waals surface area contributed by atoms with E-state index in [9.17, 15) is 27.1 Å². The van der Waals surface area contributed by atoms with Crippen LogP contribution >= 0.6 is 0 Å². The Morgan fingerprint density at radius 3 is 1.71 bits per heavy atom. The van der Waals surface area contributed by atoms with Crippen LogP contribution in [0.4, 0.5) is 22.0 Å². The zero-order valence-electron chi connectivity index (χ0n) is 8.62. The lowest BCUT2D eigenvalue weighted by molar-refractivity contribution is 0.0991. The first-order valence-corrected chi connectivity index (χ1v) is 4.35. The molecule has 1 aromatic carbocycles. The van der Waals surface area contributed by atoms with Gasteiger partial charge in [0.05, 0.1) is 5.56 Å². The van der Waals surface area contributed by atoms with Gasteiger partial charge in [-0.2, -0.15) is 0 Å². The van der Waals surface area contributed by atoms with E-state index in [4.69, 9.17) is 0 Å². The maximum absolute atomic E-state index is 13.3. The lowest BCUT2D eigenvalue weighted by atomic mass is 9.94. The number of hydrogen-bond donors (Lipinski definition) is 1. The van der Waals surface area contributed by atoms with Crippen LogP contribution in [-0.2, 0) is 5.60 Å². The lowest BCUT2D eigenvalue weighted by Gasteiger charge is -2.20. The highest BCUT2D eigenvalue weighted by Gasteiger charge is 2.35. The summed E-state index contributed by atoms with van der Waals surface area (Å²) in [7, 11) is 0. The van der Waals surface area contributed by atoms with Crippen LogP contribution in [-0.4, -0.2) is 5.11 Å². The fraction of sp³-hybridized carbons (Fsp3) is 0.182. The van der Waals surface area contributed by atoms with Crippen molar-refractivity contribution in [2.45, 2.75) is 12.5 Å². The van der Waals surface area contributed by atoms with Crippen LogP contribution < -0.4 is 0 Å². The first-order chi connectivity index (χ1) is 7.74. The van der Waals surface area contributed by atoms with Crippen molar-refractivity contribution in [1.29, 1.82) is 0 Å². The van der Waals surface area contributed by atoms with Crippen LogP contribution in [0.3, 0.4) is 0 Å². The second-order valence-electron chi connectivity index (χ2n) is 3.44. The van der Waals surface area contributed by atoms with Gasteiger partial charge in [0, 0.05) is 0 Å². The van der Waals surface area contributed by atoms with Crippen LogP contribution in [0.5, 0.6) is 0 Å². The molecule has 0 spiro atoms. The molecule has 0 radical (unpaired) electrons. The summed E-state index contributed by atoms with van der Waals surface area (Å²) in [6.45, 7) is 3.90. The third-order valence-corrected chi connectivity index (χ3v) is 2.10. The third kappa shape index (κ3) is 2.09. The maximum Gasteiger partial charge on any atom is 0.200 e. The molecule has 17 heavy (non-hydrogen) atoms. The van der Waals surface area contributed by atoms with Crippen molar-refractivity contribution < 1.29 is 27.1 Å². The van der Waals surface area contributed by atoms with E-state index in [0.717, 1.165) is 6.92 Å². The number of halogens is 5. The molecule has 0 aliphatic rings. The van der Waals surface area contributed by atoms with E-state index < -0.39 is 40.3 Å². The zero-order chi connectivity index (χ0) is 13.4. The fourth-order valence-electron chi connectivity index (χ4n) is 1.32. The second kappa shape index (κ2) is 4.31. The van der Waals surface area contributed by atoms with Crippen LogP contribution in [0.25, 0.3) is 0 Å². The predicted octanol–water partition coefficient (Wildman–Crippen LogP) is 2.93. The first kappa shape index (κ1) is 13.4. The van der Waals surface area contributed by atoms with Crippen LogP contribution in [0.1, 0.15) is 12.5 Å². The topological polar surface area (TPSA) is 20.2 Å². The molecule has 0 aliphatic carbocycles. The summed E-state index contributed by atoms with van der Waals surface area (Å²) in [6, 6.07) is 0. The highest BCUT2D eigenvalue weighted by atomic mass is 19.2. The number of hydrogen-bond acceptors (Lipinski definition) is 1. The molecule has 6 heteroatoms. The largest absolute Gasteiger partial charge is 0.380 e. The summed E-state index contributed by atoms with van der Waals surface area (Å²) in [5.41, 5.74) is -1.72. The quantitative estimate of drug-likeness (QED) is 0.370. The van der Waals surface area contributed by atoms with Crippen molar-refractivity contribution >= 4 is 0 Å². The van der Waals surface area contributed by atoms with Crippen molar-refractivity contribution in [1.82, 2.24) is 0 Å². The van der Waals surface area contributed by atoms with Gasteiger partial charge in [0.2, 0.25) is 5.82 Å². The Morgan fingerprint density at radius 1 is 1.00 bits per heavy atom. The molecule has 0 saturated heterocycles. The van der Waals surface area contributed by atoms with Gasteiger partial charge < -0.3 is 5.11 Å². The molecule has 0 aromatic heterocycles. The summed E-state index contributed by atoms with van der Waals surface area (Å²) in [6.07, 6.45) is 0.686. The molecule has 0 aliphatic heterocycles. The highest BCUT2D eigenvalue weighted by Crippen LogP contribution is 2.31. The van der Waals surface area contributed by atoms with E-state index in [1.807, 2.05) is 5.73 Å². The summed E-state index contributed by atoms with van der Waals surface area (Å²) in [5.74, 6) is -10.7. The molecule has 92 valence electrons. The Kier molecular flexibility index (Phi) is 3.40. The van der Waals surface area contributed by atoms with Crippen molar-refractivity contribution in [2.75, 3.05) is 0 Å². The van der Waals surface area contributed by atoms with Gasteiger partial charge in [-0.05, 0) is 13.0 Å². The van der Waals surface area contributed by atoms with Crippen LogP contribution in [0.15, 0.2) is 18.4 Å². The molecule has 0 bridgehead atoms. The van der Waals surface area contributed by atoms with Crippen molar-refractivity contribution in [3.63, 3.8) is 0 Å². The van der Waals surface area contributed by atoms with Gasteiger partial charge in [0.25, 0.3) is 0 Å². The summed E-state index contributed by atoms with van der Waals surface area (Å²) in [4.78, 5) is 0.